The zero-order valence-corrected chi connectivity index (χ0v) is 14.3. The Balaban J connectivity index is 1.77. The number of likely N-dealkylation sites (N-methyl/N-ethyl adjacent to an activating group) is 1. The molecule has 0 radical (unpaired) electrons. The zero-order valence-electron chi connectivity index (χ0n) is 14.3. The third-order valence-electron chi connectivity index (χ3n) is 4.01. The fourth-order valence-corrected chi connectivity index (χ4v) is 2.29. The standard InChI is InChI=1S/C17H23F3N2O3/c1-12(22(2)13-7-8-13)9-21-16(23)10-24-14-5-3-4-6-15(14)25-11-17(18,19)20/h3-6,12-13H,7-11H2,1-2H3,(H,21,23). The summed E-state index contributed by atoms with van der Waals surface area (Å²) in [5.41, 5.74) is 0. The van der Waals surface area contributed by atoms with Crippen molar-refractivity contribution >= 4 is 5.91 Å². The molecular weight excluding hydrogens is 337 g/mol. The average Bonchev–Trinajstić information content (AvgIpc) is 3.40. The second kappa shape index (κ2) is 8.42. The van der Waals surface area contributed by atoms with Gasteiger partial charge in [0.2, 0.25) is 0 Å². The minimum Gasteiger partial charge on any atom is -0.480 e. The molecule has 0 bridgehead atoms. The summed E-state index contributed by atoms with van der Waals surface area (Å²) in [5, 5.41) is 2.77. The van der Waals surface area contributed by atoms with Crippen molar-refractivity contribution in [3.05, 3.63) is 24.3 Å². The van der Waals surface area contributed by atoms with Crippen LogP contribution in [0.2, 0.25) is 0 Å². The molecule has 2 rings (SSSR count). The Morgan fingerprint density at radius 3 is 2.44 bits per heavy atom. The van der Waals surface area contributed by atoms with E-state index in [0.717, 1.165) is 0 Å². The van der Waals surface area contributed by atoms with Gasteiger partial charge in [0, 0.05) is 18.6 Å². The quantitative estimate of drug-likeness (QED) is 0.736. The van der Waals surface area contributed by atoms with Crippen molar-refractivity contribution in [1.82, 2.24) is 10.2 Å². The lowest BCUT2D eigenvalue weighted by atomic mass is 10.3. The second-order valence-corrected chi connectivity index (χ2v) is 6.19. The number of benzene rings is 1. The van der Waals surface area contributed by atoms with Crippen molar-refractivity contribution in [3.63, 3.8) is 0 Å². The molecule has 25 heavy (non-hydrogen) atoms. The van der Waals surface area contributed by atoms with Gasteiger partial charge < -0.3 is 14.8 Å². The second-order valence-electron chi connectivity index (χ2n) is 6.19. The highest BCUT2D eigenvalue weighted by molar-refractivity contribution is 5.77. The Hall–Kier alpha value is -1.96. The van der Waals surface area contributed by atoms with Crippen molar-refractivity contribution in [3.8, 4) is 11.5 Å². The Morgan fingerprint density at radius 2 is 1.88 bits per heavy atom. The number of nitrogens with zero attached hydrogens (tertiary/aromatic N) is 1. The summed E-state index contributed by atoms with van der Waals surface area (Å²) in [5.74, 6) is -0.277. The molecule has 1 aromatic rings. The topological polar surface area (TPSA) is 50.8 Å². The Bertz CT molecular complexity index is 577. The Kier molecular flexibility index (Phi) is 6.52. The van der Waals surface area contributed by atoms with Gasteiger partial charge in [0.1, 0.15) is 0 Å². The minimum absolute atomic E-state index is 0.0468. The number of rotatable bonds is 9. The van der Waals surface area contributed by atoms with Crippen LogP contribution < -0.4 is 14.8 Å². The maximum absolute atomic E-state index is 12.3. The number of halogens is 3. The van der Waals surface area contributed by atoms with Gasteiger partial charge in [0.25, 0.3) is 5.91 Å². The SMILES string of the molecule is CC(CNC(=O)COc1ccccc1OCC(F)(F)F)N(C)C1CC1. The molecule has 1 aliphatic rings. The van der Waals surface area contributed by atoms with E-state index in [1.54, 1.807) is 6.07 Å². The molecular formula is C17H23F3N2O3. The third-order valence-corrected chi connectivity index (χ3v) is 4.01. The third kappa shape index (κ3) is 6.81. The first kappa shape index (κ1) is 19.4. The minimum atomic E-state index is -4.44. The lowest BCUT2D eigenvalue weighted by Crippen LogP contribution is -2.42. The van der Waals surface area contributed by atoms with Crippen molar-refractivity contribution in [1.29, 1.82) is 0 Å². The molecule has 0 saturated heterocycles. The van der Waals surface area contributed by atoms with Crippen LogP contribution in [0, 0.1) is 0 Å². The Morgan fingerprint density at radius 1 is 1.28 bits per heavy atom. The molecule has 1 saturated carbocycles. The number of para-hydroxylation sites is 2. The van der Waals surface area contributed by atoms with Crippen LogP contribution in [-0.4, -0.2) is 55.9 Å². The number of hydrogen-bond acceptors (Lipinski definition) is 4. The fourth-order valence-electron chi connectivity index (χ4n) is 2.29. The number of hydrogen-bond donors (Lipinski definition) is 1. The van der Waals surface area contributed by atoms with E-state index >= 15 is 0 Å². The molecule has 0 aromatic heterocycles. The first-order chi connectivity index (χ1) is 11.8. The highest BCUT2D eigenvalue weighted by atomic mass is 19.4. The molecule has 1 N–H and O–H groups in total. The van der Waals surface area contributed by atoms with Gasteiger partial charge >= 0.3 is 6.18 Å². The molecule has 140 valence electrons. The van der Waals surface area contributed by atoms with E-state index in [2.05, 4.69) is 10.2 Å². The predicted octanol–water partition coefficient (Wildman–Crippen LogP) is 2.61. The summed E-state index contributed by atoms with van der Waals surface area (Å²) in [6.07, 6.45) is -2.06. The van der Waals surface area contributed by atoms with Gasteiger partial charge in [-0.15, -0.1) is 0 Å². The highest BCUT2D eigenvalue weighted by Gasteiger charge is 2.30. The van der Waals surface area contributed by atoms with Crippen molar-refractivity contribution in [2.45, 2.75) is 38.0 Å². The van der Waals surface area contributed by atoms with Crippen LogP contribution in [0.25, 0.3) is 0 Å². The lowest BCUT2D eigenvalue weighted by Gasteiger charge is -2.24. The van der Waals surface area contributed by atoms with Gasteiger partial charge in [-0.2, -0.15) is 13.2 Å². The zero-order chi connectivity index (χ0) is 18.4. The monoisotopic (exact) mass is 360 g/mol. The van der Waals surface area contributed by atoms with Crippen LogP contribution in [0.3, 0.4) is 0 Å². The summed E-state index contributed by atoms with van der Waals surface area (Å²) in [7, 11) is 2.03. The van der Waals surface area contributed by atoms with E-state index < -0.39 is 12.8 Å². The largest absolute Gasteiger partial charge is 0.480 e. The first-order valence-corrected chi connectivity index (χ1v) is 8.16. The number of amides is 1. The first-order valence-electron chi connectivity index (χ1n) is 8.16. The Labute approximate surface area is 145 Å². The number of carbonyl (C=O) groups is 1. The maximum Gasteiger partial charge on any atom is 0.422 e. The summed E-state index contributed by atoms with van der Waals surface area (Å²) in [6, 6.07) is 6.77. The lowest BCUT2D eigenvalue weighted by molar-refractivity contribution is -0.153. The van der Waals surface area contributed by atoms with Gasteiger partial charge in [-0.25, -0.2) is 0 Å². The van der Waals surface area contributed by atoms with Crippen LogP contribution >= 0.6 is 0 Å². The molecule has 0 heterocycles. The van der Waals surface area contributed by atoms with E-state index in [1.165, 1.54) is 31.0 Å². The molecule has 1 aliphatic carbocycles. The number of nitrogens with one attached hydrogen (secondary N) is 1. The molecule has 1 aromatic carbocycles. The van der Waals surface area contributed by atoms with Crippen LogP contribution in [0.5, 0.6) is 11.5 Å². The number of alkyl halides is 3. The summed E-state index contributed by atoms with van der Waals surface area (Å²) in [4.78, 5) is 14.1. The molecule has 0 aliphatic heterocycles. The maximum atomic E-state index is 12.3. The van der Waals surface area contributed by atoms with Gasteiger partial charge in [0.05, 0.1) is 0 Å². The van der Waals surface area contributed by atoms with Crippen LogP contribution in [0.1, 0.15) is 19.8 Å². The molecule has 1 amide bonds. The normalized spacial score (nSPS) is 15.8. The smallest absolute Gasteiger partial charge is 0.422 e. The molecule has 1 fully saturated rings. The summed E-state index contributed by atoms with van der Waals surface area (Å²) in [6.45, 7) is 0.817. The highest BCUT2D eigenvalue weighted by Crippen LogP contribution is 2.28. The van der Waals surface area contributed by atoms with E-state index in [0.29, 0.717) is 12.6 Å². The summed E-state index contributed by atoms with van der Waals surface area (Å²) >= 11 is 0. The predicted molar refractivity (Wildman–Crippen MR) is 86.7 cm³/mol. The van der Waals surface area contributed by atoms with Crippen LogP contribution in [0.4, 0.5) is 13.2 Å². The number of carbonyl (C=O) groups excluding carboxylic acids is 1. The average molecular weight is 360 g/mol. The van der Waals surface area contributed by atoms with Gasteiger partial charge in [-0.3, -0.25) is 9.69 Å². The molecule has 1 unspecified atom stereocenters. The molecule has 1 atom stereocenters. The molecule has 8 heteroatoms. The van der Waals surface area contributed by atoms with Crippen molar-refractivity contribution < 1.29 is 27.4 Å². The van der Waals surface area contributed by atoms with E-state index in [-0.39, 0.29) is 30.1 Å². The van der Waals surface area contributed by atoms with Crippen LogP contribution in [0.15, 0.2) is 24.3 Å². The number of ether oxygens (including phenoxy) is 2. The van der Waals surface area contributed by atoms with Gasteiger partial charge in [-0.05, 0) is 38.9 Å². The molecule has 0 spiro atoms. The summed E-state index contributed by atoms with van der Waals surface area (Å²) < 4.78 is 46.8. The van der Waals surface area contributed by atoms with Crippen molar-refractivity contribution in [2.24, 2.45) is 0 Å². The van der Waals surface area contributed by atoms with Crippen molar-refractivity contribution in [2.75, 3.05) is 26.8 Å². The molecule has 5 nitrogen and oxygen atoms in total. The van der Waals surface area contributed by atoms with E-state index in [1.807, 2.05) is 14.0 Å². The fraction of sp³-hybridized carbons (Fsp3) is 0.588. The van der Waals surface area contributed by atoms with E-state index in [4.69, 9.17) is 9.47 Å². The van der Waals surface area contributed by atoms with Gasteiger partial charge in [0.15, 0.2) is 24.7 Å². The van der Waals surface area contributed by atoms with Crippen LogP contribution in [-0.2, 0) is 4.79 Å². The van der Waals surface area contributed by atoms with Gasteiger partial charge in [-0.1, -0.05) is 12.1 Å². The van der Waals surface area contributed by atoms with E-state index in [9.17, 15) is 18.0 Å².